The first-order valence-electron chi connectivity index (χ1n) is 9.52. The van der Waals surface area contributed by atoms with Crippen molar-refractivity contribution in [1.82, 2.24) is 14.9 Å². The zero-order chi connectivity index (χ0) is 16.7. The highest BCUT2D eigenvalue weighted by Gasteiger charge is 2.26. The molecule has 0 aromatic carbocycles. The van der Waals surface area contributed by atoms with Gasteiger partial charge in [-0.1, -0.05) is 6.92 Å². The van der Waals surface area contributed by atoms with E-state index in [9.17, 15) is 0 Å². The first-order chi connectivity index (χ1) is 11.6. The molecule has 2 aromatic rings. The van der Waals surface area contributed by atoms with Crippen LogP contribution in [0.2, 0.25) is 0 Å². The van der Waals surface area contributed by atoms with Gasteiger partial charge in [0.05, 0.1) is 5.69 Å². The van der Waals surface area contributed by atoms with Crippen LogP contribution in [0.4, 0.5) is 0 Å². The summed E-state index contributed by atoms with van der Waals surface area (Å²) in [7, 11) is 4.44. The Kier molecular flexibility index (Phi) is 4.61. The Labute approximate surface area is 149 Å². The number of hydrogen-bond acceptors (Lipinski definition) is 4. The van der Waals surface area contributed by atoms with Gasteiger partial charge in [-0.2, -0.15) is 0 Å². The van der Waals surface area contributed by atoms with Crippen LogP contribution in [0.5, 0.6) is 0 Å². The van der Waals surface area contributed by atoms with Crippen molar-refractivity contribution in [2.45, 2.75) is 64.3 Å². The quantitative estimate of drug-likeness (QED) is 0.823. The molecule has 130 valence electrons. The highest BCUT2D eigenvalue weighted by Crippen LogP contribution is 2.39. The molecule has 4 rings (SSSR count). The van der Waals surface area contributed by atoms with Gasteiger partial charge in [0.25, 0.3) is 0 Å². The Morgan fingerprint density at radius 3 is 2.67 bits per heavy atom. The number of aromatic nitrogens is 2. The molecule has 0 bridgehead atoms. The van der Waals surface area contributed by atoms with E-state index in [1.165, 1.54) is 60.9 Å². The van der Waals surface area contributed by atoms with Gasteiger partial charge in [0.2, 0.25) is 0 Å². The molecule has 0 spiro atoms. The summed E-state index contributed by atoms with van der Waals surface area (Å²) in [5, 5.41) is 1.43. The molecule has 2 aliphatic carbocycles. The van der Waals surface area contributed by atoms with Gasteiger partial charge in [-0.25, -0.2) is 9.97 Å². The van der Waals surface area contributed by atoms with Crippen LogP contribution in [0.3, 0.4) is 0 Å². The van der Waals surface area contributed by atoms with Gasteiger partial charge >= 0.3 is 0 Å². The molecule has 1 fully saturated rings. The van der Waals surface area contributed by atoms with E-state index in [1.54, 1.807) is 16.8 Å². The second-order valence-corrected chi connectivity index (χ2v) is 9.28. The largest absolute Gasteiger partial charge is 0.306 e. The van der Waals surface area contributed by atoms with E-state index in [1.807, 2.05) is 11.3 Å². The van der Waals surface area contributed by atoms with Gasteiger partial charge in [0.15, 0.2) is 0 Å². The van der Waals surface area contributed by atoms with E-state index in [4.69, 9.17) is 4.98 Å². The fourth-order valence-corrected chi connectivity index (χ4v) is 5.85. The van der Waals surface area contributed by atoms with Crippen LogP contribution in [-0.2, 0) is 19.3 Å². The van der Waals surface area contributed by atoms with E-state index >= 15 is 0 Å². The van der Waals surface area contributed by atoms with Crippen molar-refractivity contribution in [3.63, 3.8) is 0 Å². The second-order valence-electron chi connectivity index (χ2n) is 8.19. The van der Waals surface area contributed by atoms with Gasteiger partial charge < -0.3 is 4.90 Å². The van der Waals surface area contributed by atoms with Crippen LogP contribution in [0.15, 0.2) is 6.33 Å². The molecule has 0 radical (unpaired) electrons. The molecule has 0 N–H and O–H groups in total. The average molecular weight is 344 g/mol. The van der Waals surface area contributed by atoms with Crippen LogP contribution in [-0.4, -0.2) is 35.0 Å². The maximum atomic E-state index is 4.75. The summed E-state index contributed by atoms with van der Waals surface area (Å²) in [6.45, 7) is 2.39. The van der Waals surface area contributed by atoms with Crippen LogP contribution < -0.4 is 0 Å². The number of aryl methyl sites for hydroxylation is 1. The van der Waals surface area contributed by atoms with E-state index in [-0.39, 0.29) is 0 Å². The van der Waals surface area contributed by atoms with E-state index in [2.05, 4.69) is 30.9 Å². The van der Waals surface area contributed by atoms with Crippen molar-refractivity contribution in [3.8, 4) is 0 Å². The molecule has 0 saturated heterocycles. The van der Waals surface area contributed by atoms with Crippen LogP contribution in [0.25, 0.3) is 10.2 Å². The molecule has 3 nitrogen and oxygen atoms in total. The maximum absolute atomic E-state index is 4.75. The van der Waals surface area contributed by atoms with Crippen LogP contribution in [0, 0.1) is 11.8 Å². The molecule has 1 saturated carbocycles. The summed E-state index contributed by atoms with van der Waals surface area (Å²) in [5.74, 6) is 1.61. The fourth-order valence-electron chi connectivity index (χ4n) is 4.64. The summed E-state index contributed by atoms with van der Waals surface area (Å²) < 4.78 is 0. The van der Waals surface area contributed by atoms with Crippen molar-refractivity contribution in [3.05, 3.63) is 22.5 Å². The van der Waals surface area contributed by atoms with Gasteiger partial charge in [0, 0.05) is 16.3 Å². The molecule has 2 heterocycles. The first-order valence-corrected chi connectivity index (χ1v) is 10.3. The van der Waals surface area contributed by atoms with Crippen molar-refractivity contribution in [2.24, 2.45) is 11.8 Å². The molecule has 0 amide bonds. The lowest BCUT2D eigenvalue weighted by molar-refractivity contribution is 0.193. The number of nitrogens with zero attached hydrogens (tertiary/aromatic N) is 3. The molecule has 1 atom stereocenters. The predicted molar refractivity (Wildman–Crippen MR) is 102 cm³/mol. The summed E-state index contributed by atoms with van der Waals surface area (Å²) in [6, 6.07) is 0.779. The molecule has 0 aliphatic heterocycles. The van der Waals surface area contributed by atoms with Gasteiger partial charge in [0.1, 0.15) is 11.2 Å². The normalized spacial score (nSPS) is 27.6. The lowest BCUT2D eigenvalue weighted by Gasteiger charge is -2.32. The summed E-state index contributed by atoms with van der Waals surface area (Å²) in [5.41, 5.74) is 2.92. The number of thiophene rings is 1. The second kappa shape index (κ2) is 6.72. The maximum Gasteiger partial charge on any atom is 0.127 e. The minimum atomic E-state index is 0.779. The Balaban J connectivity index is 1.58. The zero-order valence-corrected chi connectivity index (χ0v) is 16.0. The van der Waals surface area contributed by atoms with Crippen LogP contribution >= 0.6 is 11.3 Å². The lowest BCUT2D eigenvalue weighted by Crippen LogP contribution is -2.32. The standard InChI is InChI=1S/C20H29N3S/c1-13-4-9-18-16(10-13)19-17(21-12-22-20(19)24-18)11-14-5-7-15(8-6-14)23(2)3/h12-15H,4-11H2,1-3H3. The van der Waals surface area contributed by atoms with Crippen LogP contribution in [0.1, 0.15) is 55.2 Å². The van der Waals surface area contributed by atoms with Gasteiger partial charge in [-0.05, 0) is 82.9 Å². The predicted octanol–water partition coefficient (Wildman–Crippen LogP) is 4.48. The topological polar surface area (TPSA) is 29.0 Å². The van der Waals surface area contributed by atoms with Crippen molar-refractivity contribution < 1.29 is 0 Å². The summed E-state index contributed by atoms with van der Waals surface area (Å²) in [6.07, 6.45) is 12.1. The SMILES string of the molecule is CC1CCc2sc3ncnc(CC4CCC(N(C)C)CC4)c3c2C1. The molecule has 1 unspecified atom stereocenters. The molecule has 4 heteroatoms. The number of fused-ring (bicyclic) bond motifs is 3. The molecule has 2 aliphatic rings. The Bertz CT molecular complexity index is 713. The summed E-state index contributed by atoms with van der Waals surface area (Å²) >= 11 is 1.92. The highest BCUT2D eigenvalue weighted by molar-refractivity contribution is 7.18. The molecule has 24 heavy (non-hydrogen) atoms. The van der Waals surface area contributed by atoms with Crippen molar-refractivity contribution in [2.75, 3.05) is 14.1 Å². The lowest BCUT2D eigenvalue weighted by atomic mass is 9.82. The third-order valence-corrected chi connectivity index (χ3v) is 7.39. The van der Waals surface area contributed by atoms with Gasteiger partial charge in [-0.15, -0.1) is 11.3 Å². The molecular weight excluding hydrogens is 314 g/mol. The monoisotopic (exact) mass is 343 g/mol. The van der Waals surface area contributed by atoms with Crippen molar-refractivity contribution in [1.29, 1.82) is 0 Å². The van der Waals surface area contributed by atoms with E-state index in [0.717, 1.165) is 24.3 Å². The Morgan fingerprint density at radius 1 is 1.12 bits per heavy atom. The summed E-state index contributed by atoms with van der Waals surface area (Å²) in [4.78, 5) is 14.6. The average Bonchev–Trinajstić information content (AvgIpc) is 2.94. The fraction of sp³-hybridized carbons (Fsp3) is 0.700. The van der Waals surface area contributed by atoms with Gasteiger partial charge in [-0.3, -0.25) is 0 Å². The van der Waals surface area contributed by atoms with Crippen molar-refractivity contribution >= 4 is 21.6 Å². The Hall–Kier alpha value is -1.00. The Morgan fingerprint density at radius 2 is 1.92 bits per heavy atom. The number of rotatable bonds is 3. The van der Waals surface area contributed by atoms with E-state index in [0.29, 0.717) is 0 Å². The minimum absolute atomic E-state index is 0.779. The third kappa shape index (κ3) is 3.11. The first kappa shape index (κ1) is 16.5. The number of hydrogen-bond donors (Lipinski definition) is 0. The zero-order valence-electron chi connectivity index (χ0n) is 15.2. The highest BCUT2D eigenvalue weighted by atomic mass is 32.1. The third-order valence-electron chi connectivity index (χ3n) is 6.19. The minimum Gasteiger partial charge on any atom is -0.306 e. The molecule has 2 aromatic heterocycles. The molecular formula is C20H29N3S. The van der Waals surface area contributed by atoms with E-state index < -0.39 is 0 Å². The smallest absolute Gasteiger partial charge is 0.127 e.